The molecular formula is C12H24OSi. The lowest BCUT2D eigenvalue weighted by molar-refractivity contribution is 0.291. The Labute approximate surface area is 90.0 Å². The smallest absolute Gasteiger partial charge is 0.173 e. The second-order valence-electron chi connectivity index (χ2n) is 5.30. The molecule has 0 aromatic carbocycles. The third-order valence-electron chi connectivity index (χ3n) is 4.04. The van der Waals surface area contributed by atoms with Crippen LogP contribution in [0.15, 0.2) is 0 Å². The van der Waals surface area contributed by atoms with Gasteiger partial charge < -0.3 is 4.43 Å². The largest absolute Gasteiger partial charge is 0.420 e. The van der Waals surface area contributed by atoms with E-state index in [4.69, 9.17) is 4.43 Å². The molecule has 82 valence electrons. The van der Waals surface area contributed by atoms with Gasteiger partial charge in [0.05, 0.1) is 0 Å². The zero-order valence-corrected chi connectivity index (χ0v) is 10.7. The highest BCUT2D eigenvalue weighted by Gasteiger charge is 2.30. The van der Waals surface area contributed by atoms with Gasteiger partial charge in [-0.05, 0) is 37.3 Å². The van der Waals surface area contributed by atoms with E-state index >= 15 is 0 Å². The molecule has 2 bridgehead atoms. The first kappa shape index (κ1) is 10.7. The fraction of sp³-hybridized carbons (Fsp3) is 1.00. The zero-order chi connectivity index (χ0) is 9.80. The van der Waals surface area contributed by atoms with Crippen molar-refractivity contribution in [3.8, 4) is 0 Å². The Hall–Kier alpha value is 0.177. The topological polar surface area (TPSA) is 9.23 Å². The number of hydrogen-bond donors (Lipinski definition) is 0. The quantitative estimate of drug-likeness (QED) is 0.560. The van der Waals surface area contributed by atoms with Crippen molar-refractivity contribution in [3.63, 3.8) is 0 Å². The fourth-order valence-electron chi connectivity index (χ4n) is 3.08. The van der Waals surface area contributed by atoms with E-state index < -0.39 is 9.04 Å². The van der Waals surface area contributed by atoms with Gasteiger partial charge >= 0.3 is 0 Å². The summed E-state index contributed by atoms with van der Waals surface area (Å²) in [4.78, 5) is 0. The summed E-state index contributed by atoms with van der Waals surface area (Å²) in [6, 6.07) is 1.40. The zero-order valence-electron chi connectivity index (χ0n) is 9.50. The molecule has 0 spiro atoms. The lowest BCUT2D eigenvalue weighted by Crippen LogP contribution is -2.18. The maximum absolute atomic E-state index is 5.42. The minimum absolute atomic E-state index is 0.595. The lowest BCUT2D eigenvalue weighted by atomic mass is 10.0. The second-order valence-corrected chi connectivity index (χ2v) is 7.83. The SMILES string of the molecule is C1CC2CCC1C2.C[SiH]1CCCCO1. The van der Waals surface area contributed by atoms with Crippen LogP contribution >= 0.6 is 0 Å². The van der Waals surface area contributed by atoms with Crippen molar-refractivity contribution in [1.29, 1.82) is 0 Å². The predicted octanol–water partition coefficient (Wildman–Crippen LogP) is 3.35. The van der Waals surface area contributed by atoms with Crippen LogP contribution in [0.1, 0.15) is 44.9 Å². The van der Waals surface area contributed by atoms with Crippen molar-refractivity contribution >= 4 is 9.04 Å². The highest BCUT2D eigenvalue weighted by atomic mass is 28.3. The molecule has 1 saturated heterocycles. The fourth-order valence-corrected chi connectivity index (χ4v) is 4.68. The average molecular weight is 212 g/mol. The molecule has 0 amide bonds. The molecule has 1 atom stereocenters. The highest BCUT2D eigenvalue weighted by Crippen LogP contribution is 2.43. The summed E-state index contributed by atoms with van der Waals surface area (Å²) in [6.45, 7) is 3.33. The number of rotatable bonds is 0. The van der Waals surface area contributed by atoms with Crippen LogP contribution < -0.4 is 0 Å². The minimum Gasteiger partial charge on any atom is -0.420 e. The maximum atomic E-state index is 5.42. The van der Waals surface area contributed by atoms with Crippen LogP contribution in [0.4, 0.5) is 0 Å². The first-order valence-electron chi connectivity index (χ1n) is 6.46. The first-order valence-corrected chi connectivity index (χ1v) is 8.90. The van der Waals surface area contributed by atoms with E-state index in [9.17, 15) is 0 Å². The molecule has 1 nitrogen and oxygen atoms in total. The average Bonchev–Trinajstić information content (AvgIpc) is 2.83. The van der Waals surface area contributed by atoms with Crippen molar-refractivity contribution in [2.24, 2.45) is 11.8 Å². The van der Waals surface area contributed by atoms with Crippen molar-refractivity contribution in [1.82, 2.24) is 0 Å². The molecule has 2 heteroatoms. The predicted molar refractivity (Wildman–Crippen MR) is 63.1 cm³/mol. The van der Waals surface area contributed by atoms with Crippen LogP contribution in [0.3, 0.4) is 0 Å². The van der Waals surface area contributed by atoms with E-state index in [1.165, 1.54) is 30.7 Å². The van der Waals surface area contributed by atoms with E-state index in [0.717, 1.165) is 6.61 Å². The first-order chi connectivity index (χ1) is 6.84. The van der Waals surface area contributed by atoms with E-state index in [2.05, 4.69) is 6.55 Å². The summed E-state index contributed by atoms with van der Waals surface area (Å²) in [7, 11) is -0.595. The van der Waals surface area contributed by atoms with E-state index in [-0.39, 0.29) is 0 Å². The monoisotopic (exact) mass is 212 g/mol. The highest BCUT2D eigenvalue weighted by molar-refractivity contribution is 6.50. The van der Waals surface area contributed by atoms with E-state index in [1.54, 1.807) is 32.1 Å². The standard InChI is InChI=1S/C7H12.C5H12OSi/c1-2-7-4-3-6(1)5-7;1-7-5-3-2-4-6-7/h6-7H,1-5H2;7H,2-5H2,1H3. The van der Waals surface area contributed by atoms with Gasteiger partial charge in [-0.3, -0.25) is 0 Å². The van der Waals surface area contributed by atoms with Crippen LogP contribution in [0.5, 0.6) is 0 Å². The molecule has 0 aromatic heterocycles. The molecule has 3 aliphatic rings. The van der Waals surface area contributed by atoms with Crippen LogP contribution in [-0.4, -0.2) is 15.6 Å². The van der Waals surface area contributed by atoms with Gasteiger partial charge in [0.15, 0.2) is 9.04 Å². The van der Waals surface area contributed by atoms with Crippen molar-refractivity contribution < 1.29 is 4.43 Å². The summed E-state index contributed by atoms with van der Waals surface area (Å²) in [5, 5.41) is 0. The summed E-state index contributed by atoms with van der Waals surface area (Å²) in [6.07, 6.45) is 10.6. The molecule has 0 radical (unpaired) electrons. The third kappa shape index (κ3) is 3.09. The summed E-state index contributed by atoms with van der Waals surface area (Å²) in [5.41, 5.74) is 0. The van der Waals surface area contributed by atoms with E-state index in [0.29, 0.717) is 0 Å². The maximum Gasteiger partial charge on any atom is 0.173 e. The molecule has 3 rings (SSSR count). The van der Waals surface area contributed by atoms with E-state index in [1.807, 2.05) is 0 Å². The van der Waals surface area contributed by atoms with Crippen LogP contribution in [-0.2, 0) is 4.43 Å². The van der Waals surface area contributed by atoms with Crippen LogP contribution in [0, 0.1) is 11.8 Å². The minimum atomic E-state index is -0.595. The van der Waals surface area contributed by atoms with Gasteiger partial charge in [-0.1, -0.05) is 32.1 Å². The van der Waals surface area contributed by atoms with Crippen molar-refractivity contribution in [2.45, 2.75) is 57.5 Å². The molecule has 14 heavy (non-hydrogen) atoms. The summed E-state index contributed by atoms with van der Waals surface area (Å²) in [5.74, 6) is 2.34. The van der Waals surface area contributed by atoms with Gasteiger partial charge in [0.1, 0.15) is 0 Å². The Morgan fingerprint density at radius 1 is 1.00 bits per heavy atom. The van der Waals surface area contributed by atoms with Gasteiger partial charge in [0.25, 0.3) is 0 Å². The Kier molecular flexibility index (Phi) is 4.06. The third-order valence-corrected chi connectivity index (χ3v) is 6.07. The second kappa shape index (κ2) is 5.31. The van der Waals surface area contributed by atoms with Gasteiger partial charge in [0.2, 0.25) is 0 Å². The molecule has 0 aromatic rings. The lowest BCUT2D eigenvalue weighted by Gasteiger charge is -2.16. The number of fused-ring (bicyclic) bond motifs is 2. The Balaban J connectivity index is 0.000000107. The van der Waals surface area contributed by atoms with Crippen molar-refractivity contribution in [2.75, 3.05) is 6.61 Å². The summed E-state index contributed by atoms with van der Waals surface area (Å²) >= 11 is 0. The molecule has 2 aliphatic carbocycles. The Morgan fingerprint density at radius 2 is 1.64 bits per heavy atom. The van der Waals surface area contributed by atoms with Crippen molar-refractivity contribution in [3.05, 3.63) is 0 Å². The molecule has 3 fully saturated rings. The Morgan fingerprint density at radius 3 is 1.86 bits per heavy atom. The Bertz CT molecular complexity index is 148. The molecule has 2 saturated carbocycles. The molecule has 1 heterocycles. The molecular weight excluding hydrogens is 188 g/mol. The van der Waals surface area contributed by atoms with Gasteiger partial charge in [0, 0.05) is 6.61 Å². The van der Waals surface area contributed by atoms with Gasteiger partial charge in [-0.2, -0.15) is 0 Å². The normalized spacial score (nSPS) is 40.5. The molecule has 1 unspecified atom stereocenters. The number of hydrogen-bond acceptors (Lipinski definition) is 1. The van der Waals surface area contributed by atoms with Crippen LogP contribution in [0.25, 0.3) is 0 Å². The summed E-state index contributed by atoms with van der Waals surface area (Å²) < 4.78 is 5.42. The van der Waals surface area contributed by atoms with Crippen LogP contribution in [0.2, 0.25) is 12.6 Å². The molecule has 0 N–H and O–H groups in total. The van der Waals surface area contributed by atoms with Gasteiger partial charge in [-0.15, -0.1) is 0 Å². The van der Waals surface area contributed by atoms with Gasteiger partial charge in [-0.25, -0.2) is 0 Å². The molecule has 1 aliphatic heterocycles.